The molecule has 0 atom stereocenters. The SMILES string of the molecule is O=[N+]([O-])c1cccc(CCn2cccc2)c1. The van der Waals surface area contributed by atoms with Crippen molar-refractivity contribution in [2.24, 2.45) is 0 Å². The Balaban J connectivity index is 2.04. The summed E-state index contributed by atoms with van der Waals surface area (Å²) in [6.07, 6.45) is 4.77. The lowest BCUT2D eigenvalue weighted by Crippen LogP contribution is -1.98. The van der Waals surface area contributed by atoms with E-state index in [1.807, 2.05) is 30.6 Å². The summed E-state index contributed by atoms with van der Waals surface area (Å²) in [7, 11) is 0. The van der Waals surface area contributed by atoms with Crippen molar-refractivity contribution < 1.29 is 4.92 Å². The zero-order chi connectivity index (χ0) is 11.4. The number of aryl methyl sites for hydroxylation is 2. The van der Waals surface area contributed by atoms with Gasteiger partial charge in [-0.15, -0.1) is 0 Å². The Morgan fingerprint density at radius 3 is 2.62 bits per heavy atom. The van der Waals surface area contributed by atoms with Gasteiger partial charge in [0, 0.05) is 31.1 Å². The first kappa shape index (κ1) is 10.4. The first-order valence-corrected chi connectivity index (χ1v) is 5.10. The number of hydrogen-bond acceptors (Lipinski definition) is 2. The van der Waals surface area contributed by atoms with Crippen LogP contribution in [0.15, 0.2) is 48.8 Å². The van der Waals surface area contributed by atoms with Gasteiger partial charge in [0.15, 0.2) is 0 Å². The summed E-state index contributed by atoms with van der Waals surface area (Å²) in [6, 6.07) is 10.7. The van der Waals surface area contributed by atoms with Crippen molar-refractivity contribution in [3.05, 3.63) is 64.5 Å². The number of non-ortho nitro benzene ring substituents is 1. The van der Waals surface area contributed by atoms with Crippen molar-refractivity contribution in [1.29, 1.82) is 0 Å². The van der Waals surface area contributed by atoms with Gasteiger partial charge >= 0.3 is 0 Å². The molecule has 4 nitrogen and oxygen atoms in total. The number of benzene rings is 1. The molecule has 1 heterocycles. The van der Waals surface area contributed by atoms with Crippen LogP contribution < -0.4 is 0 Å². The van der Waals surface area contributed by atoms with E-state index < -0.39 is 0 Å². The Morgan fingerprint density at radius 2 is 1.94 bits per heavy atom. The van der Waals surface area contributed by atoms with Crippen molar-refractivity contribution in [1.82, 2.24) is 4.57 Å². The molecule has 1 aromatic heterocycles. The zero-order valence-corrected chi connectivity index (χ0v) is 8.74. The summed E-state index contributed by atoms with van der Waals surface area (Å²) in [5.74, 6) is 0. The van der Waals surface area contributed by atoms with Gasteiger partial charge in [0.2, 0.25) is 0 Å². The summed E-state index contributed by atoms with van der Waals surface area (Å²) in [5, 5.41) is 10.6. The highest BCUT2D eigenvalue weighted by Crippen LogP contribution is 2.13. The standard InChI is InChI=1S/C12H12N2O2/c15-14(16)12-5-3-4-11(10-12)6-9-13-7-1-2-8-13/h1-5,7-8,10H,6,9H2. The molecule has 1 aromatic carbocycles. The van der Waals surface area contributed by atoms with E-state index in [2.05, 4.69) is 4.57 Å². The molecular formula is C12H12N2O2. The van der Waals surface area contributed by atoms with Gasteiger partial charge in [0.05, 0.1) is 4.92 Å². The molecule has 4 heteroatoms. The lowest BCUT2D eigenvalue weighted by molar-refractivity contribution is -0.384. The number of nitro groups is 1. The van der Waals surface area contributed by atoms with Crippen molar-refractivity contribution in [3.8, 4) is 0 Å². The third kappa shape index (κ3) is 2.48. The zero-order valence-electron chi connectivity index (χ0n) is 8.74. The molecule has 2 aromatic rings. The van der Waals surface area contributed by atoms with E-state index in [-0.39, 0.29) is 10.6 Å². The fourth-order valence-corrected chi connectivity index (χ4v) is 1.60. The Morgan fingerprint density at radius 1 is 1.19 bits per heavy atom. The average molecular weight is 216 g/mol. The number of rotatable bonds is 4. The summed E-state index contributed by atoms with van der Waals surface area (Å²) in [4.78, 5) is 10.2. The van der Waals surface area contributed by atoms with Crippen LogP contribution in [0.2, 0.25) is 0 Å². The number of hydrogen-bond donors (Lipinski definition) is 0. The van der Waals surface area contributed by atoms with E-state index in [9.17, 15) is 10.1 Å². The predicted molar refractivity (Wildman–Crippen MR) is 61.2 cm³/mol. The molecule has 0 spiro atoms. The fraction of sp³-hybridized carbons (Fsp3) is 0.167. The molecule has 0 aliphatic rings. The molecule has 0 N–H and O–H groups in total. The van der Waals surface area contributed by atoms with Crippen LogP contribution in [0.1, 0.15) is 5.56 Å². The molecule has 0 saturated carbocycles. The van der Waals surface area contributed by atoms with Crippen LogP contribution in [0.5, 0.6) is 0 Å². The first-order chi connectivity index (χ1) is 7.75. The minimum atomic E-state index is -0.362. The molecular weight excluding hydrogens is 204 g/mol. The number of nitro benzene ring substituents is 1. The van der Waals surface area contributed by atoms with Gasteiger partial charge < -0.3 is 4.57 Å². The topological polar surface area (TPSA) is 48.1 Å². The van der Waals surface area contributed by atoms with Gasteiger partial charge in [-0.1, -0.05) is 12.1 Å². The van der Waals surface area contributed by atoms with Crippen molar-refractivity contribution in [2.75, 3.05) is 0 Å². The highest BCUT2D eigenvalue weighted by molar-refractivity contribution is 5.34. The monoisotopic (exact) mass is 216 g/mol. The van der Waals surface area contributed by atoms with Crippen molar-refractivity contribution in [3.63, 3.8) is 0 Å². The first-order valence-electron chi connectivity index (χ1n) is 5.10. The van der Waals surface area contributed by atoms with Gasteiger partial charge in [-0.2, -0.15) is 0 Å². The molecule has 2 rings (SSSR count). The van der Waals surface area contributed by atoms with Crippen LogP contribution in [-0.2, 0) is 13.0 Å². The molecule has 0 fully saturated rings. The molecule has 0 aliphatic carbocycles. The summed E-state index contributed by atoms with van der Waals surface area (Å²) < 4.78 is 2.05. The van der Waals surface area contributed by atoms with Crippen molar-refractivity contribution >= 4 is 5.69 Å². The second-order valence-corrected chi connectivity index (χ2v) is 3.60. The van der Waals surface area contributed by atoms with Crippen LogP contribution in [0.3, 0.4) is 0 Å². The van der Waals surface area contributed by atoms with E-state index in [1.54, 1.807) is 12.1 Å². The molecule has 0 aliphatic heterocycles. The van der Waals surface area contributed by atoms with Gasteiger partial charge in [0.25, 0.3) is 5.69 Å². The third-order valence-electron chi connectivity index (χ3n) is 2.45. The van der Waals surface area contributed by atoms with E-state index in [0.717, 1.165) is 18.5 Å². The predicted octanol–water partition coefficient (Wildman–Crippen LogP) is 2.64. The second-order valence-electron chi connectivity index (χ2n) is 3.60. The normalized spacial score (nSPS) is 10.2. The smallest absolute Gasteiger partial charge is 0.269 e. The summed E-state index contributed by atoms with van der Waals surface area (Å²) >= 11 is 0. The van der Waals surface area contributed by atoms with E-state index in [0.29, 0.717) is 0 Å². The molecule has 0 bridgehead atoms. The fourth-order valence-electron chi connectivity index (χ4n) is 1.60. The third-order valence-corrected chi connectivity index (χ3v) is 2.45. The lowest BCUT2D eigenvalue weighted by Gasteiger charge is -2.02. The average Bonchev–Trinajstić information content (AvgIpc) is 2.79. The maximum absolute atomic E-state index is 10.6. The van der Waals surface area contributed by atoms with Gasteiger partial charge in [-0.3, -0.25) is 10.1 Å². The molecule has 16 heavy (non-hydrogen) atoms. The number of aromatic nitrogens is 1. The molecule has 0 unspecified atom stereocenters. The Kier molecular flexibility index (Phi) is 3.00. The van der Waals surface area contributed by atoms with E-state index >= 15 is 0 Å². The van der Waals surface area contributed by atoms with Crippen LogP contribution >= 0.6 is 0 Å². The summed E-state index contributed by atoms with van der Waals surface area (Å²) in [5.41, 5.74) is 1.15. The molecule has 82 valence electrons. The highest BCUT2D eigenvalue weighted by atomic mass is 16.6. The van der Waals surface area contributed by atoms with Gasteiger partial charge in [-0.05, 0) is 24.1 Å². The second kappa shape index (κ2) is 4.61. The Bertz CT molecular complexity index is 478. The Hall–Kier alpha value is -2.10. The summed E-state index contributed by atoms with van der Waals surface area (Å²) in [6.45, 7) is 0.841. The molecule has 0 amide bonds. The Labute approximate surface area is 93.3 Å². The van der Waals surface area contributed by atoms with Crippen LogP contribution in [-0.4, -0.2) is 9.49 Å². The van der Waals surface area contributed by atoms with Crippen LogP contribution in [0, 0.1) is 10.1 Å². The largest absolute Gasteiger partial charge is 0.354 e. The molecule has 0 radical (unpaired) electrons. The van der Waals surface area contributed by atoms with Crippen molar-refractivity contribution in [2.45, 2.75) is 13.0 Å². The molecule has 0 saturated heterocycles. The minimum Gasteiger partial charge on any atom is -0.354 e. The van der Waals surface area contributed by atoms with Gasteiger partial charge in [-0.25, -0.2) is 0 Å². The maximum atomic E-state index is 10.6. The van der Waals surface area contributed by atoms with Crippen LogP contribution in [0.25, 0.3) is 0 Å². The van der Waals surface area contributed by atoms with Crippen LogP contribution in [0.4, 0.5) is 5.69 Å². The minimum absolute atomic E-state index is 0.157. The highest BCUT2D eigenvalue weighted by Gasteiger charge is 2.05. The van der Waals surface area contributed by atoms with E-state index in [4.69, 9.17) is 0 Å². The van der Waals surface area contributed by atoms with Gasteiger partial charge in [0.1, 0.15) is 0 Å². The maximum Gasteiger partial charge on any atom is 0.269 e. The number of nitrogens with zero attached hydrogens (tertiary/aromatic N) is 2. The van der Waals surface area contributed by atoms with E-state index in [1.165, 1.54) is 6.07 Å². The lowest BCUT2D eigenvalue weighted by atomic mass is 10.1. The quantitative estimate of drug-likeness (QED) is 0.582.